The van der Waals surface area contributed by atoms with E-state index in [9.17, 15) is 9.59 Å². The number of para-hydroxylation sites is 2. The average molecular weight is 325 g/mol. The number of methoxy groups -OCH3 is 2. The van der Waals surface area contributed by atoms with Gasteiger partial charge in [0.1, 0.15) is 5.75 Å². The second kappa shape index (κ2) is 7.97. The summed E-state index contributed by atoms with van der Waals surface area (Å²) in [7, 11) is 2.89. The Morgan fingerprint density at radius 1 is 1.00 bits per heavy atom. The predicted molar refractivity (Wildman–Crippen MR) is 93.1 cm³/mol. The molecule has 2 rings (SSSR count). The third kappa shape index (κ3) is 4.23. The number of ether oxygens (including phenoxy) is 2. The van der Waals surface area contributed by atoms with Crippen LogP contribution in [0.2, 0.25) is 0 Å². The minimum absolute atomic E-state index is 0.225. The summed E-state index contributed by atoms with van der Waals surface area (Å²) >= 11 is 0. The minimum Gasteiger partial charge on any atom is -0.495 e. The highest BCUT2D eigenvalue weighted by Crippen LogP contribution is 2.23. The van der Waals surface area contributed by atoms with E-state index in [1.165, 1.54) is 7.11 Å². The first-order chi connectivity index (χ1) is 11.5. The zero-order valence-corrected chi connectivity index (χ0v) is 13.8. The van der Waals surface area contributed by atoms with Gasteiger partial charge in [-0.15, -0.1) is 0 Å². The van der Waals surface area contributed by atoms with Crippen molar-refractivity contribution in [1.29, 1.82) is 0 Å². The molecule has 124 valence electrons. The van der Waals surface area contributed by atoms with E-state index in [0.29, 0.717) is 22.6 Å². The molecule has 1 amide bonds. The van der Waals surface area contributed by atoms with Crippen LogP contribution < -0.4 is 10.1 Å². The summed E-state index contributed by atoms with van der Waals surface area (Å²) in [5.74, 6) is -0.0196. The molecule has 0 atom stereocenters. The van der Waals surface area contributed by atoms with Gasteiger partial charge >= 0.3 is 5.97 Å². The third-order valence-corrected chi connectivity index (χ3v) is 3.43. The lowest BCUT2D eigenvalue weighted by molar-refractivity contribution is -0.112. The molecule has 5 nitrogen and oxygen atoms in total. The summed E-state index contributed by atoms with van der Waals surface area (Å²) in [5, 5.41) is 2.81. The average Bonchev–Trinajstić information content (AvgIpc) is 2.62. The van der Waals surface area contributed by atoms with Gasteiger partial charge in [0, 0.05) is 5.57 Å². The smallest absolute Gasteiger partial charge is 0.337 e. The minimum atomic E-state index is -0.392. The van der Waals surface area contributed by atoms with Gasteiger partial charge in [0.25, 0.3) is 5.91 Å². The van der Waals surface area contributed by atoms with Crippen molar-refractivity contribution in [2.45, 2.75) is 6.92 Å². The molecule has 0 aliphatic carbocycles. The van der Waals surface area contributed by atoms with Gasteiger partial charge in [0.15, 0.2) is 0 Å². The van der Waals surface area contributed by atoms with Crippen LogP contribution in [0.15, 0.2) is 54.1 Å². The summed E-state index contributed by atoms with van der Waals surface area (Å²) < 4.78 is 9.87. The third-order valence-electron chi connectivity index (χ3n) is 3.43. The maximum atomic E-state index is 12.3. The molecule has 0 aromatic heterocycles. The van der Waals surface area contributed by atoms with Gasteiger partial charge in [-0.05, 0) is 42.8 Å². The number of amides is 1. The highest BCUT2D eigenvalue weighted by atomic mass is 16.5. The fourth-order valence-corrected chi connectivity index (χ4v) is 2.12. The number of rotatable bonds is 5. The van der Waals surface area contributed by atoms with Gasteiger partial charge in [-0.3, -0.25) is 4.79 Å². The molecule has 24 heavy (non-hydrogen) atoms. The first kappa shape index (κ1) is 17.3. The Morgan fingerprint density at radius 3 is 2.29 bits per heavy atom. The van der Waals surface area contributed by atoms with E-state index >= 15 is 0 Å². The molecule has 0 aliphatic heterocycles. The molecule has 5 heteroatoms. The lowest BCUT2D eigenvalue weighted by Gasteiger charge is -2.10. The van der Waals surface area contributed by atoms with Crippen LogP contribution >= 0.6 is 0 Å². The lowest BCUT2D eigenvalue weighted by atomic mass is 10.1. The Hall–Kier alpha value is -3.08. The SMILES string of the molecule is COC(=O)c1ccc(/C=C(\C)C(=O)Nc2ccccc2OC)cc1. The zero-order valence-electron chi connectivity index (χ0n) is 13.8. The number of benzene rings is 2. The summed E-state index contributed by atoms with van der Waals surface area (Å²) in [6, 6.07) is 14.0. The van der Waals surface area contributed by atoms with E-state index in [-0.39, 0.29) is 5.91 Å². The van der Waals surface area contributed by atoms with Crippen LogP contribution in [0.25, 0.3) is 6.08 Å². The number of hydrogen-bond acceptors (Lipinski definition) is 4. The van der Waals surface area contributed by atoms with Gasteiger partial charge in [0.2, 0.25) is 0 Å². The molecule has 0 spiro atoms. The molecule has 0 saturated heterocycles. The normalized spacial score (nSPS) is 10.9. The zero-order chi connectivity index (χ0) is 17.5. The number of nitrogens with one attached hydrogen (secondary N) is 1. The van der Waals surface area contributed by atoms with E-state index in [1.807, 2.05) is 12.1 Å². The highest BCUT2D eigenvalue weighted by Gasteiger charge is 2.09. The van der Waals surface area contributed by atoms with Crippen molar-refractivity contribution < 1.29 is 19.1 Å². The molecule has 0 unspecified atom stereocenters. The second-order valence-corrected chi connectivity index (χ2v) is 5.10. The Labute approximate surface area is 140 Å². The molecular weight excluding hydrogens is 306 g/mol. The Bertz CT molecular complexity index is 763. The molecule has 0 heterocycles. The molecule has 0 fully saturated rings. The summed E-state index contributed by atoms with van der Waals surface area (Å²) in [6.45, 7) is 1.72. The van der Waals surface area contributed by atoms with Crippen LogP contribution in [0.1, 0.15) is 22.8 Å². The number of esters is 1. The number of hydrogen-bond donors (Lipinski definition) is 1. The fraction of sp³-hybridized carbons (Fsp3) is 0.158. The van der Waals surface area contributed by atoms with Crippen LogP contribution in [0.3, 0.4) is 0 Å². The fourth-order valence-electron chi connectivity index (χ4n) is 2.12. The number of anilines is 1. The van der Waals surface area contributed by atoms with Crippen molar-refractivity contribution in [2.24, 2.45) is 0 Å². The van der Waals surface area contributed by atoms with Gasteiger partial charge in [0.05, 0.1) is 25.5 Å². The van der Waals surface area contributed by atoms with E-state index in [4.69, 9.17) is 4.74 Å². The van der Waals surface area contributed by atoms with Gasteiger partial charge < -0.3 is 14.8 Å². The van der Waals surface area contributed by atoms with Crippen molar-refractivity contribution in [3.8, 4) is 5.75 Å². The van der Waals surface area contributed by atoms with Crippen molar-refractivity contribution in [3.05, 3.63) is 65.2 Å². The van der Waals surface area contributed by atoms with Gasteiger partial charge in [-0.2, -0.15) is 0 Å². The Balaban J connectivity index is 2.12. The molecule has 2 aromatic carbocycles. The van der Waals surface area contributed by atoms with Crippen LogP contribution in [0, 0.1) is 0 Å². The van der Waals surface area contributed by atoms with E-state index < -0.39 is 5.97 Å². The van der Waals surface area contributed by atoms with E-state index in [2.05, 4.69) is 10.1 Å². The standard InChI is InChI=1S/C19H19NO4/c1-13(12-14-8-10-15(11-9-14)19(22)24-3)18(21)20-16-6-4-5-7-17(16)23-2/h4-12H,1-3H3,(H,20,21)/b13-12+. The summed E-state index contributed by atoms with van der Waals surface area (Å²) in [6.07, 6.45) is 1.74. The van der Waals surface area contributed by atoms with Crippen molar-refractivity contribution in [2.75, 3.05) is 19.5 Å². The predicted octanol–water partition coefficient (Wildman–Crippen LogP) is 3.52. The van der Waals surface area contributed by atoms with E-state index in [0.717, 1.165) is 5.56 Å². The molecule has 0 saturated carbocycles. The maximum Gasteiger partial charge on any atom is 0.337 e. The Morgan fingerprint density at radius 2 is 1.67 bits per heavy atom. The monoisotopic (exact) mass is 325 g/mol. The quantitative estimate of drug-likeness (QED) is 0.675. The number of carbonyl (C=O) groups is 2. The van der Waals surface area contributed by atoms with Crippen molar-refractivity contribution in [3.63, 3.8) is 0 Å². The molecule has 1 N–H and O–H groups in total. The van der Waals surface area contributed by atoms with Crippen LogP contribution in [-0.4, -0.2) is 26.1 Å². The molecule has 0 radical (unpaired) electrons. The van der Waals surface area contributed by atoms with Crippen molar-refractivity contribution in [1.82, 2.24) is 0 Å². The Kier molecular flexibility index (Phi) is 5.73. The van der Waals surface area contributed by atoms with Crippen LogP contribution in [0.5, 0.6) is 5.75 Å². The molecular formula is C19H19NO4. The highest BCUT2D eigenvalue weighted by molar-refractivity contribution is 6.07. The maximum absolute atomic E-state index is 12.3. The van der Waals surface area contributed by atoms with Crippen LogP contribution in [-0.2, 0) is 9.53 Å². The van der Waals surface area contributed by atoms with Gasteiger partial charge in [-0.25, -0.2) is 4.79 Å². The molecule has 2 aromatic rings. The molecule has 0 bridgehead atoms. The van der Waals surface area contributed by atoms with Crippen LogP contribution in [0.4, 0.5) is 5.69 Å². The topological polar surface area (TPSA) is 64.6 Å². The largest absolute Gasteiger partial charge is 0.495 e. The summed E-state index contributed by atoms with van der Waals surface area (Å²) in [5.41, 5.74) is 2.42. The molecule has 0 aliphatic rings. The summed E-state index contributed by atoms with van der Waals surface area (Å²) in [4.78, 5) is 23.7. The first-order valence-corrected chi connectivity index (χ1v) is 7.36. The second-order valence-electron chi connectivity index (χ2n) is 5.10. The number of carbonyl (C=O) groups excluding carboxylic acids is 2. The lowest BCUT2D eigenvalue weighted by Crippen LogP contribution is -2.13. The first-order valence-electron chi connectivity index (χ1n) is 7.36. The van der Waals surface area contributed by atoms with E-state index in [1.54, 1.807) is 56.5 Å². The van der Waals surface area contributed by atoms with Gasteiger partial charge in [-0.1, -0.05) is 24.3 Å². The van der Waals surface area contributed by atoms with Crippen molar-refractivity contribution >= 4 is 23.6 Å².